The quantitative estimate of drug-likeness (QED) is 0.459. The van der Waals surface area contributed by atoms with Gasteiger partial charge in [-0.25, -0.2) is 0 Å². The van der Waals surface area contributed by atoms with E-state index in [0.717, 1.165) is 42.2 Å². The number of nitrogens with zero attached hydrogens (tertiary/aromatic N) is 1. The number of hydrogen-bond donors (Lipinski definition) is 1. The molecule has 0 aliphatic carbocycles. The van der Waals surface area contributed by atoms with E-state index >= 15 is 0 Å². The molecule has 1 aliphatic rings. The van der Waals surface area contributed by atoms with Crippen molar-refractivity contribution in [2.45, 2.75) is 32.2 Å². The Morgan fingerprint density at radius 3 is 2.52 bits per heavy atom. The van der Waals surface area contributed by atoms with Gasteiger partial charge in [-0.1, -0.05) is 42.5 Å². The number of likely N-dealkylation sites (tertiary alicyclic amines) is 1. The summed E-state index contributed by atoms with van der Waals surface area (Å²) in [6.45, 7) is 2.83. The summed E-state index contributed by atoms with van der Waals surface area (Å²) < 4.78 is 5.99. The summed E-state index contributed by atoms with van der Waals surface area (Å²) >= 11 is 0. The summed E-state index contributed by atoms with van der Waals surface area (Å²) in [7, 11) is 0. The summed E-state index contributed by atoms with van der Waals surface area (Å²) in [6.07, 6.45) is 3.16. The maximum absolute atomic E-state index is 13.2. The van der Waals surface area contributed by atoms with Gasteiger partial charge < -0.3 is 14.6 Å². The van der Waals surface area contributed by atoms with Gasteiger partial charge in [0.15, 0.2) is 0 Å². The van der Waals surface area contributed by atoms with Crippen molar-refractivity contribution in [1.29, 1.82) is 0 Å². The normalized spacial score (nSPS) is 16.5. The number of carbonyl (C=O) groups is 2. The van der Waals surface area contributed by atoms with Crippen molar-refractivity contribution in [3.8, 4) is 0 Å². The van der Waals surface area contributed by atoms with Gasteiger partial charge in [-0.15, -0.1) is 0 Å². The van der Waals surface area contributed by atoms with Crippen molar-refractivity contribution in [1.82, 2.24) is 4.90 Å². The van der Waals surface area contributed by atoms with Crippen LogP contribution in [-0.2, 0) is 0 Å². The average Bonchev–Trinajstić information content (AvgIpc) is 3.18. The molecule has 31 heavy (non-hydrogen) atoms. The Hall–Kier alpha value is -3.60. The van der Waals surface area contributed by atoms with Gasteiger partial charge in [-0.05, 0) is 50.5 Å². The van der Waals surface area contributed by atoms with Crippen LogP contribution in [0.15, 0.2) is 71.1 Å². The van der Waals surface area contributed by atoms with Crippen LogP contribution in [0, 0.1) is 0 Å². The number of amides is 2. The molecule has 2 amide bonds. The first kappa shape index (κ1) is 19.4. The molecule has 1 atom stereocenters. The van der Waals surface area contributed by atoms with E-state index in [0.29, 0.717) is 22.4 Å². The lowest BCUT2D eigenvalue weighted by molar-refractivity contribution is 0.0636. The van der Waals surface area contributed by atoms with E-state index in [-0.39, 0.29) is 17.9 Å². The zero-order valence-corrected chi connectivity index (χ0v) is 17.4. The molecule has 156 valence electrons. The first-order valence-corrected chi connectivity index (χ1v) is 10.7. The molecule has 1 fully saturated rings. The second kappa shape index (κ2) is 7.91. The molecule has 0 radical (unpaired) electrons. The first-order chi connectivity index (χ1) is 15.1. The van der Waals surface area contributed by atoms with Crippen LogP contribution in [0.5, 0.6) is 0 Å². The highest BCUT2D eigenvalue weighted by Gasteiger charge is 2.26. The molecule has 5 rings (SSSR count). The molecule has 1 N–H and O–H groups in total. The molecule has 1 saturated heterocycles. The van der Waals surface area contributed by atoms with Crippen LogP contribution >= 0.6 is 0 Å². The number of carbonyl (C=O) groups excluding carboxylic acids is 2. The van der Waals surface area contributed by atoms with Crippen LogP contribution < -0.4 is 5.32 Å². The fourth-order valence-corrected chi connectivity index (χ4v) is 4.45. The third-order valence-corrected chi connectivity index (χ3v) is 6.12. The monoisotopic (exact) mass is 412 g/mol. The van der Waals surface area contributed by atoms with Crippen LogP contribution in [0.25, 0.3) is 21.9 Å². The predicted molar refractivity (Wildman–Crippen MR) is 122 cm³/mol. The molecule has 0 spiro atoms. The Morgan fingerprint density at radius 2 is 1.65 bits per heavy atom. The van der Waals surface area contributed by atoms with E-state index in [1.807, 2.05) is 53.4 Å². The Balaban J connectivity index is 1.49. The molecule has 4 aromatic rings. The van der Waals surface area contributed by atoms with Gasteiger partial charge in [0.25, 0.3) is 11.8 Å². The van der Waals surface area contributed by atoms with Gasteiger partial charge in [0.2, 0.25) is 0 Å². The Kier molecular flexibility index (Phi) is 4.94. The minimum Gasteiger partial charge on any atom is -0.455 e. The lowest BCUT2D eigenvalue weighted by Gasteiger charge is -2.33. The van der Waals surface area contributed by atoms with E-state index < -0.39 is 0 Å². The number of para-hydroxylation sites is 3. The van der Waals surface area contributed by atoms with E-state index in [9.17, 15) is 9.59 Å². The Bertz CT molecular complexity index is 1290. The minimum absolute atomic E-state index is 0.0370. The number of nitrogens with one attached hydrogen (secondary N) is 1. The maximum atomic E-state index is 13.2. The zero-order valence-electron chi connectivity index (χ0n) is 17.4. The van der Waals surface area contributed by atoms with Crippen molar-refractivity contribution in [2.24, 2.45) is 0 Å². The van der Waals surface area contributed by atoms with Crippen molar-refractivity contribution < 1.29 is 14.0 Å². The highest BCUT2D eigenvalue weighted by Crippen LogP contribution is 2.31. The van der Waals surface area contributed by atoms with E-state index in [1.165, 1.54) is 0 Å². The molecule has 5 nitrogen and oxygen atoms in total. The molecular weight excluding hydrogens is 388 g/mol. The van der Waals surface area contributed by atoms with Gasteiger partial charge in [-0.3, -0.25) is 9.59 Å². The number of anilines is 1. The van der Waals surface area contributed by atoms with Crippen molar-refractivity contribution >= 4 is 39.4 Å². The van der Waals surface area contributed by atoms with Gasteiger partial charge in [0.1, 0.15) is 11.2 Å². The second-order valence-corrected chi connectivity index (χ2v) is 8.12. The Morgan fingerprint density at radius 1 is 0.903 bits per heavy atom. The number of hydrogen-bond acceptors (Lipinski definition) is 3. The molecule has 3 aromatic carbocycles. The summed E-state index contributed by atoms with van der Waals surface area (Å²) in [6, 6.07) is 20.7. The van der Waals surface area contributed by atoms with Crippen LogP contribution in [0.3, 0.4) is 0 Å². The highest BCUT2D eigenvalue weighted by atomic mass is 16.3. The zero-order chi connectivity index (χ0) is 21.4. The number of furan rings is 1. The number of piperidine rings is 1. The molecule has 1 aliphatic heterocycles. The van der Waals surface area contributed by atoms with Crippen LogP contribution in [-0.4, -0.2) is 29.3 Å². The topological polar surface area (TPSA) is 62.6 Å². The fourth-order valence-electron chi connectivity index (χ4n) is 4.45. The van der Waals surface area contributed by atoms with E-state index in [4.69, 9.17) is 4.42 Å². The van der Waals surface area contributed by atoms with E-state index in [1.54, 1.807) is 18.2 Å². The standard InChI is InChI=1S/C26H24N2O3/c1-17-9-6-7-16-28(17)26(30)20-11-2-4-14-22(20)27-25(29)21-13-8-12-19-18-10-3-5-15-23(18)31-24(19)21/h2-5,8,10-15,17H,6-7,9,16H2,1H3,(H,27,29). The van der Waals surface area contributed by atoms with Gasteiger partial charge >= 0.3 is 0 Å². The highest BCUT2D eigenvalue weighted by molar-refractivity contribution is 6.17. The number of fused-ring (bicyclic) bond motifs is 3. The summed E-state index contributed by atoms with van der Waals surface area (Å²) in [5.74, 6) is -0.332. The molecular formula is C26H24N2O3. The van der Waals surface area contributed by atoms with Crippen LogP contribution in [0.2, 0.25) is 0 Å². The molecule has 1 aromatic heterocycles. The predicted octanol–water partition coefficient (Wildman–Crippen LogP) is 5.85. The van der Waals surface area contributed by atoms with Crippen molar-refractivity contribution in [3.05, 3.63) is 77.9 Å². The lowest BCUT2D eigenvalue weighted by atomic mass is 10.0. The third-order valence-electron chi connectivity index (χ3n) is 6.12. The largest absolute Gasteiger partial charge is 0.455 e. The van der Waals surface area contributed by atoms with Gasteiger partial charge in [0, 0.05) is 23.4 Å². The second-order valence-electron chi connectivity index (χ2n) is 8.12. The smallest absolute Gasteiger partial charge is 0.259 e. The summed E-state index contributed by atoms with van der Waals surface area (Å²) in [4.78, 5) is 28.4. The van der Waals surface area contributed by atoms with Crippen molar-refractivity contribution in [3.63, 3.8) is 0 Å². The molecule has 1 unspecified atom stereocenters. The SMILES string of the molecule is CC1CCCCN1C(=O)c1ccccc1NC(=O)c1cccc2c1oc1ccccc12. The molecule has 0 saturated carbocycles. The van der Waals surface area contributed by atoms with Crippen LogP contribution in [0.4, 0.5) is 5.69 Å². The molecule has 0 bridgehead atoms. The molecule has 5 heteroatoms. The molecule has 2 heterocycles. The van der Waals surface area contributed by atoms with Gasteiger partial charge in [0.05, 0.1) is 16.8 Å². The fraction of sp³-hybridized carbons (Fsp3) is 0.231. The maximum Gasteiger partial charge on any atom is 0.259 e. The Labute approximate surface area is 180 Å². The van der Waals surface area contributed by atoms with Crippen molar-refractivity contribution in [2.75, 3.05) is 11.9 Å². The van der Waals surface area contributed by atoms with E-state index in [2.05, 4.69) is 12.2 Å². The third kappa shape index (κ3) is 3.46. The minimum atomic E-state index is -0.295. The van der Waals surface area contributed by atoms with Gasteiger partial charge in [-0.2, -0.15) is 0 Å². The van der Waals surface area contributed by atoms with Crippen LogP contribution in [0.1, 0.15) is 46.9 Å². The summed E-state index contributed by atoms with van der Waals surface area (Å²) in [5.41, 5.74) is 2.77. The lowest BCUT2D eigenvalue weighted by Crippen LogP contribution is -2.42. The average molecular weight is 412 g/mol. The number of benzene rings is 3. The first-order valence-electron chi connectivity index (χ1n) is 10.7. The summed E-state index contributed by atoms with van der Waals surface area (Å²) in [5, 5.41) is 4.82. The number of rotatable bonds is 3.